The highest BCUT2D eigenvalue weighted by atomic mass is 16.5. The van der Waals surface area contributed by atoms with Crippen LogP contribution in [0.2, 0.25) is 0 Å². The van der Waals surface area contributed by atoms with Crippen molar-refractivity contribution in [3.8, 4) is 0 Å². The first-order chi connectivity index (χ1) is 12.2. The van der Waals surface area contributed by atoms with Crippen LogP contribution in [0.25, 0.3) is 6.08 Å². The Morgan fingerprint density at radius 2 is 2.12 bits per heavy atom. The van der Waals surface area contributed by atoms with E-state index in [0.717, 1.165) is 38.6 Å². The van der Waals surface area contributed by atoms with E-state index in [1.807, 2.05) is 12.1 Å². The van der Waals surface area contributed by atoms with Crippen LogP contribution >= 0.6 is 0 Å². The molecule has 6 nitrogen and oxygen atoms in total. The van der Waals surface area contributed by atoms with Gasteiger partial charge in [0.2, 0.25) is 5.91 Å². The van der Waals surface area contributed by atoms with Gasteiger partial charge in [-0.15, -0.1) is 0 Å². The van der Waals surface area contributed by atoms with Crippen LogP contribution in [0.15, 0.2) is 22.6 Å². The maximum Gasteiger partial charge on any atom is 0.246 e. The first kappa shape index (κ1) is 18.2. The van der Waals surface area contributed by atoms with Crippen LogP contribution in [0.1, 0.15) is 30.8 Å². The number of hydrogen-bond donors (Lipinski definition) is 1. The lowest BCUT2D eigenvalue weighted by atomic mass is 10.3. The molecule has 2 aliphatic rings. The van der Waals surface area contributed by atoms with Gasteiger partial charge in [-0.05, 0) is 30.5 Å². The molecular formula is C19H28N2O4. The van der Waals surface area contributed by atoms with Crippen molar-refractivity contribution in [2.24, 2.45) is 5.92 Å². The Hall–Kier alpha value is -1.63. The van der Waals surface area contributed by atoms with Gasteiger partial charge in [-0.2, -0.15) is 0 Å². The van der Waals surface area contributed by atoms with Crippen LogP contribution < -0.4 is 0 Å². The average Bonchev–Trinajstić information content (AvgIpc) is 3.18. The third kappa shape index (κ3) is 5.17. The molecule has 2 atom stereocenters. The zero-order chi connectivity index (χ0) is 17.6. The largest absolute Gasteiger partial charge is 0.461 e. The highest BCUT2D eigenvalue weighted by molar-refractivity contribution is 5.91. The van der Waals surface area contributed by atoms with Crippen LogP contribution in [0.3, 0.4) is 0 Å². The van der Waals surface area contributed by atoms with E-state index in [4.69, 9.17) is 9.15 Å². The van der Waals surface area contributed by atoms with Crippen LogP contribution in [-0.4, -0.2) is 73.4 Å². The van der Waals surface area contributed by atoms with Crippen molar-refractivity contribution < 1.29 is 19.1 Å². The summed E-state index contributed by atoms with van der Waals surface area (Å²) in [5, 5.41) is 9.23. The van der Waals surface area contributed by atoms with E-state index in [-0.39, 0.29) is 12.5 Å². The Kier molecular flexibility index (Phi) is 6.29. The molecule has 1 aromatic rings. The van der Waals surface area contributed by atoms with Crippen LogP contribution in [0.5, 0.6) is 0 Å². The lowest BCUT2D eigenvalue weighted by Gasteiger charge is -2.29. The molecule has 0 spiro atoms. The molecular weight excluding hydrogens is 320 g/mol. The molecule has 138 valence electrons. The molecule has 1 saturated carbocycles. The fraction of sp³-hybridized carbons (Fsp3) is 0.632. The first-order valence-corrected chi connectivity index (χ1v) is 9.15. The molecule has 3 rings (SSSR count). The van der Waals surface area contributed by atoms with Crippen molar-refractivity contribution in [2.75, 3.05) is 52.5 Å². The molecule has 1 aliphatic carbocycles. The number of amides is 1. The third-order valence-electron chi connectivity index (χ3n) is 4.98. The zero-order valence-corrected chi connectivity index (χ0v) is 14.9. The number of rotatable bonds is 8. The van der Waals surface area contributed by atoms with E-state index in [9.17, 15) is 9.90 Å². The summed E-state index contributed by atoms with van der Waals surface area (Å²) in [6, 6.07) is 3.91. The Morgan fingerprint density at radius 1 is 1.36 bits per heavy atom. The summed E-state index contributed by atoms with van der Waals surface area (Å²) in [7, 11) is 0. The van der Waals surface area contributed by atoms with E-state index in [1.165, 1.54) is 12.5 Å². The number of nitrogens with zero attached hydrogens (tertiary/aromatic N) is 2. The molecule has 2 fully saturated rings. The minimum absolute atomic E-state index is 0.0346. The summed E-state index contributed by atoms with van der Waals surface area (Å²) in [6.45, 7) is 7.21. The molecule has 1 N–H and O–H groups in total. The van der Waals surface area contributed by atoms with E-state index in [1.54, 1.807) is 11.0 Å². The molecule has 25 heavy (non-hydrogen) atoms. The summed E-state index contributed by atoms with van der Waals surface area (Å²) in [5.74, 6) is 2.86. The number of carbonyl (C=O) groups is 1. The normalized spacial score (nSPS) is 23.9. The van der Waals surface area contributed by atoms with Crippen LogP contribution in [0.4, 0.5) is 0 Å². The molecule has 0 bridgehead atoms. The number of furan rings is 1. The summed E-state index contributed by atoms with van der Waals surface area (Å²) in [6.07, 6.45) is 4.44. The van der Waals surface area contributed by atoms with Gasteiger partial charge in [-0.1, -0.05) is 6.92 Å². The van der Waals surface area contributed by atoms with Gasteiger partial charge < -0.3 is 19.2 Å². The molecule has 0 radical (unpaired) electrons. The van der Waals surface area contributed by atoms with Gasteiger partial charge in [-0.3, -0.25) is 9.69 Å². The van der Waals surface area contributed by atoms with Crippen molar-refractivity contribution in [3.05, 3.63) is 29.7 Å². The van der Waals surface area contributed by atoms with E-state index in [2.05, 4.69) is 11.8 Å². The smallest absolute Gasteiger partial charge is 0.246 e. The van der Waals surface area contributed by atoms with Gasteiger partial charge in [-0.25, -0.2) is 0 Å². The standard InChI is InChI=1S/C19H28N2O4/c1-15-14-17(15)18-4-2-16(25-18)3-5-19(23)21(8-11-22)7-6-20-9-12-24-13-10-20/h2-5,15,17,22H,6-14H2,1H3. The highest BCUT2D eigenvalue weighted by Gasteiger charge is 2.36. The Morgan fingerprint density at radius 3 is 2.80 bits per heavy atom. The fourth-order valence-corrected chi connectivity index (χ4v) is 3.17. The minimum Gasteiger partial charge on any atom is -0.461 e. The Balaban J connectivity index is 1.51. The predicted octanol–water partition coefficient (Wildman–Crippen LogP) is 1.57. The summed E-state index contributed by atoms with van der Waals surface area (Å²) in [4.78, 5) is 16.4. The van der Waals surface area contributed by atoms with Crippen molar-refractivity contribution in [3.63, 3.8) is 0 Å². The fourth-order valence-electron chi connectivity index (χ4n) is 3.17. The lowest BCUT2D eigenvalue weighted by Crippen LogP contribution is -2.43. The van der Waals surface area contributed by atoms with Gasteiger partial charge in [0.1, 0.15) is 11.5 Å². The highest BCUT2D eigenvalue weighted by Crippen LogP contribution is 2.47. The Labute approximate surface area is 149 Å². The second kappa shape index (κ2) is 8.65. The van der Waals surface area contributed by atoms with Crippen molar-refractivity contribution in [1.29, 1.82) is 0 Å². The van der Waals surface area contributed by atoms with E-state index < -0.39 is 0 Å². The second-order valence-electron chi connectivity index (χ2n) is 6.90. The van der Waals surface area contributed by atoms with Gasteiger partial charge in [0.15, 0.2) is 0 Å². The number of ether oxygens (including phenoxy) is 1. The van der Waals surface area contributed by atoms with Crippen LogP contribution in [-0.2, 0) is 9.53 Å². The first-order valence-electron chi connectivity index (χ1n) is 9.15. The second-order valence-corrected chi connectivity index (χ2v) is 6.90. The predicted molar refractivity (Wildman–Crippen MR) is 95.2 cm³/mol. The molecule has 1 amide bonds. The molecule has 0 aromatic carbocycles. The van der Waals surface area contributed by atoms with Gasteiger partial charge >= 0.3 is 0 Å². The zero-order valence-electron chi connectivity index (χ0n) is 14.9. The molecule has 2 heterocycles. The van der Waals surface area contributed by atoms with Gasteiger partial charge in [0.05, 0.1) is 19.8 Å². The quantitative estimate of drug-likeness (QED) is 0.723. The number of morpholine rings is 1. The molecule has 1 saturated heterocycles. The van der Waals surface area contributed by atoms with Gasteiger partial charge in [0, 0.05) is 44.7 Å². The molecule has 1 aromatic heterocycles. The summed E-state index contributed by atoms with van der Waals surface area (Å²) >= 11 is 0. The number of aliphatic hydroxyl groups excluding tert-OH is 1. The molecule has 6 heteroatoms. The van der Waals surface area contributed by atoms with Crippen molar-refractivity contribution in [1.82, 2.24) is 9.80 Å². The lowest BCUT2D eigenvalue weighted by molar-refractivity contribution is -0.126. The molecule has 2 unspecified atom stereocenters. The minimum atomic E-state index is -0.0972. The topological polar surface area (TPSA) is 66.2 Å². The average molecular weight is 348 g/mol. The van der Waals surface area contributed by atoms with E-state index >= 15 is 0 Å². The SMILES string of the molecule is CC1CC1c1ccc(C=CC(=O)N(CCO)CCN2CCOCC2)o1. The van der Waals surface area contributed by atoms with Crippen LogP contribution in [0, 0.1) is 5.92 Å². The van der Waals surface area contributed by atoms with Crippen molar-refractivity contribution in [2.45, 2.75) is 19.3 Å². The van der Waals surface area contributed by atoms with Crippen molar-refractivity contribution >= 4 is 12.0 Å². The number of carbonyl (C=O) groups excluding carboxylic acids is 1. The maximum atomic E-state index is 12.4. The third-order valence-corrected chi connectivity index (χ3v) is 4.98. The summed E-state index contributed by atoms with van der Waals surface area (Å²) in [5.41, 5.74) is 0. The van der Waals surface area contributed by atoms with E-state index in [0.29, 0.717) is 30.7 Å². The summed E-state index contributed by atoms with van der Waals surface area (Å²) < 4.78 is 11.1. The Bertz CT molecular complexity index is 592. The number of hydrogen-bond acceptors (Lipinski definition) is 5. The van der Waals surface area contributed by atoms with Gasteiger partial charge in [0.25, 0.3) is 0 Å². The monoisotopic (exact) mass is 348 g/mol. The number of aliphatic hydroxyl groups is 1. The molecule has 1 aliphatic heterocycles. The maximum absolute atomic E-state index is 12.4.